The van der Waals surface area contributed by atoms with Crippen LogP contribution in [0, 0.1) is 0 Å². The molecule has 0 saturated heterocycles. The Morgan fingerprint density at radius 3 is 2.67 bits per heavy atom. The molecule has 0 aliphatic carbocycles. The zero-order valence-corrected chi connectivity index (χ0v) is 11.9. The number of methoxy groups -OCH3 is 1. The fourth-order valence-electron chi connectivity index (χ4n) is 1.97. The SMILES string of the molecule is COc1cc(Cl)ccc1Oc1ccc2oc(=O)ccc2c1. The average molecular weight is 303 g/mol. The zero-order valence-electron chi connectivity index (χ0n) is 11.1. The largest absolute Gasteiger partial charge is 0.493 e. The molecule has 4 nitrogen and oxygen atoms in total. The van der Waals surface area contributed by atoms with Gasteiger partial charge < -0.3 is 13.9 Å². The van der Waals surface area contributed by atoms with Crippen LogP contribution in [0.25, 0.3) is 11.0 Å². The molecule has 0 saturated carbocycles. The lowest BCUT2D eigenvalue weighted by atomic mass is 10.2. The van der Waals surface area contributed by atoms with Crippen LogP contribution in [0.4, 0.5) is 0 Å². The maximum absolute atomic E-state index is 11.1. The molecule has 0 N–H and O–H groups in total. The van der Waals surface area contributed by atoms with Gasteiger partial charge in [0.15, 0.2) is 11.5 Å². The molecule has 0 atom stereocenters. The molecule has 0 unspecified atom stereocenters. The third-order valence-electron chi connectivity index (χ3n) is 2.94. The van der Waals surface area contributed by atoms with Crippen molar-refractivity contribution in [2.24, 2.45) is 0 Å². The normalized spacial score (nSPS) is 10.6. The van der Waals surface area contributed by atoms with E-state index in [4.69, 9.17) is 25.5 Å². The number of hydrogen-bond donors (Lipinski definition) is 0. The van der Waals surface area contributed by atoms with E-state index in [2.05, 4.69) is 0 Å². The molecular weight excluding hydrogens is 292 g/mol. The molecule has 1 aromatic heterocycles. The van der Waals surface area contributed by atoms with Gasteiger partial charge in [0.05, 0.1) is 7.11 Å². The highest BCUT2D eigenvalue weighted by Gasteiger charge is 2.07. The van der Waals surface area contributed by atoms with Crippen molar-refractivity contribution in [3.05, 3.63) is 64.0 Å². The van der Waals surface area contributed by atoms with Gasteiger partial charge in [-0.05, 0) is 36.4 Å². The van der Waals surface area contributed by atoms with E-state index in [1.54, 1.807) is 49.6 Å². The first-order chi connectivity index (χ1) is 10.2. The second-order valence-electron chi connectivity index (χ2n) is 4.35. The molecular formula is C16H11ClO4. The van der Waals surface area contributed by atoms with Gasteiger partial charge in [-0.15, -0.1) is 0 Å². The summed E-state index contributed by atoms with van der Waals surface area (Å²) in [5.41, 5.74) is 0.133. The summed E-state index contributed by atoms with van der Waals surface area (Å²) in [4.78, 5) is 11.1. The Hall–Kier alpha value is -2.46. The quantitative estimate of drug-likeness (QED) is 0.679. The van der Waals surface area contributed by atoms with Crippen LogP contribution in [0.2, 0.25) is 5.02 Å². The molecule has 0 radical (unpaired) electrons. The van der Waals surface area contributed by atoms with Crippen molar-refractivity contribution in [2.45, 2.75) is 0 Å². The molecule has 3 aromatic rings. The minimum Gasteiger partial charge on any atom is -0.493 e. The van der Waals surface area contributed by atoms with E-state index in [9.17, 15) is 4.79 Å². The maximum atomic E-state index is 11.1. The molecule has 1 heterocycles. The highest BCUT2D eigenvalue weighted by atomic mass is 35.5. The minimum absolute atomic E-state index is 0.379. The molecule has 106 valence electrons. The van der Waals surface area contributed by atoms with Crippen LogP contribution in [0.5, 0.6) is 17.2 Å². The van der Waals surface area contributed by atoms with Crippen molar-refractivity contribution in [2.75, 3.05) is 7.11 Å². The second-order valence-corrected chi connectivity index (χ2v) is 4.79. The van der Waals surface area contributed by atoms with Gasteiger partial charge in [-0.25, -0.2) is 4.79 Å². The zero-order chi connectivity index (χ0) is 14.8. The van der Waals surface area contributed by atoms with E-state index in [0.29, 0.717) is 27.9 Å². The first-order valence-electron chi connectivity index (χ1n) is 6.21. The molecule has 2 aromatic carbocycles. The van der Waals surface area contributed by atoms with E-state index >= 15 is 0 Å². The van der Waals surface area contributed by atoms with Gasteiger partial charge in [-0.2, -0.15) is 0 Å². The number of ether oxygens (including phenoxy) is 2. The Kier molecular flexibility index (Phi) is 3.54. The molecule has 3 rings (SSSR count). The standard InChI is InChI=1S/C16H11ClO4/c1-19-15-9-11(17)3-5-14(15)20-12-4-6-13-10(8-12)2-7-16(18)21-13/h2-9H,1H3. The monoisotopic (exact) mass is 302 g/mol. The first kappa shape index (κ1) is 13.5. The van der Waals surface area contributed by atoms with Crippen molar-refractivity contribution in [3.63, 3.8) is 0 Å². The van der Waals surface area contributed by atoms with Gasteiger partial charge in [0, 0.05) is 22.5 Å². The van der Waals surface area contributed by atoms with Crippen LogP contribution in [0.3, 0.4) is 0 Å². The van der Waals surface area contributed by atoms with Gasteiger partial charge >= 0.3 is 5.63 Å². The van der Waals surface area contributed by atoms with Crippen molar-refractivity contribution in [1.29, 1.82) is 0 Å². The molecule has 0 fully saturated rings. The second kappa shape index (κ2) is 5.50. The molecule has 0 bridgehead atoms. The number of rotatable bonds is 3. The fourth-order valence-corrected chi connectivity index (χ4v) is 2.13. The summed E-state index contributed by atoms with van der Waals surface area (Å²) < 4.78 is 16.1. The summed E-state index contributed by atoms with van der Waals surface area (Å²) >= 11 is 5.91. The Balaban J connectivity index is 1.98. The van der Waals surface area contributed by atoms with Crippen LogP contribution < -0.4 is 15.1 Å². The summed E-state index contributed by atoms with van der Waals surface area (Å²) in [6, 6.07) is 13.4. The van der Waals surface area contributed by atoms with Crippen molar-refractivity contribution < 1.29 is 13.9 Å². The van der Waals surface area contributed by atoms with Crippen molar-refractivity contribution in [3.8, 4) is 17.2 Å². The van der Waals surface area contributed by atoms with E-state index in [1.807, 2.05) is 0 Å². The Morgan fingerprint density at radius 1 is 1.00 bits per heavy atom. The Labute approximate surface area is 125 Å². The summed E-state index contributed by atoms with van der Waals surface area (Å²) in [5, 5.41) is 1.35. The smallest absolute Gasteiger partial charge is 0.336 e. The highest BCUT2D eigenvalue weighted by molar-refractivity contribution is 6.30. The van der Waals surface area contributed by atoms with E-state index in [1.165, 1.54) is 6.07 Å². The lowest BCUT2D eigenvalue weighted by molar-refractivity contribution is 0.379. The van der Waals surface area contributed by atoms with Crippen LogP contribution in [-0.2, 0) is 0 Å². The molecule has 0 amide bonds. The number of hydrogen-bond acceptors (Lipinski definition) is 4. The number of fused-ring (bicyclic) bond motifs is 1. The first-order valence-corrected chi connectivity index (χ1v) is 6.59. The number of halogens is 1. The molecule has 5 heteroatoms. The fraction of sp³-hybridized carbons (Fsp3) is 0.0625. The van der Waals surface area contributed by atoms with E-state index < -0.39 is 0 Å². The van der Waals surface area contributed by atoms with Crippen LogP contribution >= 0.6 is 11.6 Å². The topological polar surface area (TPSA) is 48.7 Å². The summed E-state index contributed by atoms with van der Waals surface area (Å²) in [7, 11) is 1.55. The van der Waals surface area contributed by atoms with Crippen LogP contribution in [-0.4, -0.2) is 7.11 Å². The summed E-state index contributed by atoms with van der Waals surface area (Å²) in [5.74, 6) is 1.71. The van der Waals surface area contributed by atoms with E-state index in [0.717, 1.165) is 5.39 Å². The minimum atomic E-state index is -0.379. The van der Waals surface area contributed by atoms with Gasteiger partial charge in [-0.3, -0.25) is 0 Å². The Morgan fingerprint density at radius 2 is 1.86 bits per heavy atom. The third-order valence-corrected chi connectivity index (χ3v) is 3.18. The van der Waals surface area contributed by atoms with Gasteiger partial charge in [0.2, 0.25) is 0 Å². The maximum Gasteiger partial charge on any atom is 0.336 e. The molecule has 21 heavy (non-hydrogen) atoms. The van der Waals surface area contributed by atoms with E-state index in [-0.39, 0.29) is 5.63 Å². The summed E-state index contributed by atoms with van der Waals surface area (Å²) in [6.07, 6.45) is 0. The third kappa shape index (κ3) is 2.85. The average Bonchev–Trinajstić information content (AvgIpc) is 2.49. The predicted octanol–water partition coefficient (Wildman–Crippen LogP) is 4.25. The molecule has 0 spiro atoms. The lowest BCUT2D eigenvalue weighted by Gasteiger charge is -2.10. The van der Waals surface area contributed by atoms with Crippen molar-refractivity contribution >= 4 is 22.6 Å². The molecule has 0 aliphatic heterocycles. The number of benzene rings is 2. The van der Waals surface area contributed by atoms with Gasteiger partial charge in [0.25, 0.3) is 0 Å². The van der Waals surface area contributed by atoms with Gasteiger partial charge in [-0.1, -0.05) is 11.6 Å². The highest BCUT2D eigenvalue weighted by Crippen LogP contribution is 2.34. The lowest BCUT2D eigenvalue weighted by Crippen LogP contribution is -1.94. The van der Waals surface area contributed by atoms with Crippen LogP contribution in [0.1, 0.15) is 0 Å². The predicted molar refractivity (Wildman–Crippen MR) is 80.6 cm³/mol. The van der Waals surface area contributed by atoms with Crippen molar-refractivity contribution in [1.82, 2.24) is 0 Å². The van der Waals surface area contributed by atoms with Gasteiger partial charge in [0.1, 0.15) is 11.3 Å². The summed E-state index contributed by atoms with van der Waals surface area (Å²) in [6.45, 7) is 0. The Bertz CT molecular complexity index is 854. The molecule has 0 aliphatic rings. The van der Waals surface area contributed by atoms with Crippen LogP contribution in [0.15, 0.2) is 57.7 Å².